The van der Waals surface area contributed by atoms with E-state index in [4.69, 9.17) is 7.49 Å². The zero-order valence-corrected chi connectivity index (χ0v) is 6.31. The van der Waals surface area contributed by atoms with Crippen molar-refractivity contribution in [1.82, 2.24) is 0 Å². The van der Waals surface area contributed by atoms with Gasteiger partial charge >= 0.3 is 58.2 Å². The van der Waals surface area contributed by atoms with Crippen LogP contribution in [-0.2, 0) is 0 Å². The first kappa shape index (κ1) is 8.61. The molecule has 0 unspecified atom stereocenters. The van der Waals surface area contributed by atoms with Crippen molar-refractivity contribution >= 4 is 25.3 Å². The van der Waals surface area contributed by atoms with Crippen LogP contribution in [0.5, 0.6) is 0 Å². The van der Waals surface area contributed by atoms with E-state index in [0.717, 1.165) is 5.46 Å². The number of rotatable bonds is 2. The third kappa shape index (κ3) is 5.48. The van der Waals surface area contributed by atoms with Crippen molar-refractivity contribution in [2.24, 2.45) is 0 Å². The van der Waals surface area contributed by atoms with Crippen molar-refractivity contribution in [2.45, 2.75) is 20.7 Å². The van der Waals surface area contributed by atoms with E-state index in [9.17, 15) is 0 Å². The van der Waals surface area contributed by atoms with Crippen LogP contribution in [0.25, 0.3) is 0 Å². The summed E-state index contributed by atoms with van der Waals surface area (Å²) in [7, 11) is 5.40. The van der Waals surface area contributed by atoms with Crippen molar-refractivity contribution in [2.75, 3.05) is 0 Å². The normalized spacial score (nSPS) is 11.6. The van der Waals surface area contributed by atoms with E-state index < -0.39 is 0 Å². The molecule has 0 aromatic rings. The first-order chi connectivity index (χ1) is 4.16. The summed E-state index contributed by atoms with van der Waals surface area (Å²) in [6.45, 7) is 7.96. The topological polar surface area (TPSA) is 0 Å². The van der Waals surface area contributed by atoms with E-state index >= 15 is 0 Å². The molecule has 0 N–H and O–H groups in total. The molecule has 1 radical (unpaired) electrons. The van der Waals surface area contributed by atoms with Crippen LogP contribution in [0.4, 0.5) is 0 Å². The summed E-state index contributed by atoms with van der Waals surface area (Å²) in [5.74, 6) is 0. The third-order valence-electron chi connectivity index (χ3n) is 1.06. The Balaban J connectivity index is 3.86. The Bertz CT molecular complexity index is 154. The fraction of sp³-hybridized carbons (Fsp3) is 0.429. The van der Waals surface area contributed by atoms with E-state index in [1.807, 2.05) is 39.7 Å². The maximum atomic E-state index is 5.40. The summed E-state index contributed by atoms with van der Waals surface area (Å²) in [6.07, 6.45) is 3.89. The Hall–Kier alpha value is -0.390. The Morgan fingerprint density at radius 3 is 2.22 bits per heavy atom. The summed E-state index contributed by atoms with van der Waals surface area (Å²) in [5, 5.41) is 0. The fourth-order valence-corrected chi connectivity index (χ4v) is 0.359. The molecule has 0 aromatic heterocycles. The minimum atomic E-state index is 0.844. The summed E-state index contributed by atoms with van der Waals surface area (Å²) in [6, 6.07) is 0. The molecule has 0 nitrogen and oxygen atoms in total. The summed E-state index contributed by atoms with van der Waals surface area (Å²) < 4.78 is 0. The molecule has 0 bridgehead atoms. The van der Waals surface area contributed by atoms with Gasteiger partial charge < -0.3 is 0 Å². The Morgan fingerprint density at radius 2 is 1.89 bits per heavy atom. The van der Waals surface area contributed by atoms with Crippen LogP contribution >= 0.6 is 0 Å². The van der Waals surface area contributed by atoms with E-state index in [1.165, 1.54) is 5.46 Å². The molecule has 0 spiro atoms. The number of allylic oxidation sites excluding steroid dienone is 2. The standard InChI is InChI=1S/C7H11B2/c1-6(8)4-5-7(2)9-3/h4-5H,1-3H3/b5-4-. The molecule has 2 heteroatoms. The van der Waals surface area contributed by atoms with Gasteiger partial charge in [0, 0.05) is 0 Å². The Labute approximate surface area is 59.0 Å². The van der Waals surface area contributed by atoms with Crippen LogP contribution in [0.2, 0.25) is 6.82 Å². The van der Waals surface area contributed by atoms with Gasteiger partial charge in [0.2, 0.25) is 0 Å². The molecule has 0 aliphatic heterocycles. The molecule has 0 rings (SSSR count). The monoisotopic (exact) mass is 117 g/mol. The van der Waals surface area contributed by atoms with Gasteiger partial charge in [0.25, 0.3) is 0 Å². The molecule has 0 atom stereocenters. The fourth-order valence-electron chi connectivity index (χ4n) is 0.359. The molecule has 0 aromatic carbocycles. The zero-order valence-electron chi connectivity index (χ0n) is 6.31. The second-order valence-electron chi connectivity index (χ2n) is 2.11. The Morgan fingerprint density at radius 1 is 1.33 bits per heavy atom. The zero-order chi connectivity index (χ0) is 7.28. The molecular weight excluding hydrogens is 106 g/mol. The van der Waals surface area contributed by atoms with Gasteiger partial charge in [-0.2, -0.15) is 0 Å². The quantitative estimate of drug-likeness (QED) is 0.470. The van der Waals surface area contributed by atoms with E-state index in [0.29, 0.717) is 0 Å². The first-order valence-electron chi connectivity index (χ1n) is 3.07. The van der Waals surface area contributed by atoms with Crippen molar-refractivity contribution in [3.8, 4) is 0 Å². The van der Waals surface area contributed by atoms with Crippen LogP contribution in [0, 0.1) is 0 Å². The molecule has 0 fully saturated rings. The van der Waals surface area contributed by atoms with Crippen molar-refractivity contribution in [1.29, 1.82) is 0 Å². The maximum absolute atomic E-state index is 5.40. The van der Waals surface area contributed by atoms with Crippen LogP contribution in [0.3, 0.4) is 0 Å². The van der Waals surface area contributed by atoms with E-state index in [-0.39, 0.29) is 0 Å². The molecule has 0 aliphatic carbocycles. The van der Waals surface area contributed by atoms with Crippen LogP contribution in [0.1, 0.15) is 13.8 Å². The third-order valence-corrected chi connectivity index (χ3v) is 1.06. The molecule has 0 aliphatic rings. The molecule has 0 amide bonds. The number of hydrogen-bond acceptors (Lipinski definition) is 0. The van der Waals surface area contributed by atoms with Gasteiger partial charge in [0.1, 0.15) is 0 Å². The average Bonchev–Trinajstić information content (AvgIpc) is 1.83. The van der Waals surface area contributed by atoms with Gasteiger partial charge in [-0.25, -0.2) is 0 Å². The van der Waals surface area contributed by atoms with Crippen molar-refractivity contribution < 1.29 is 0 Å². The van der Waals surface area contributed by atoms with Crippen LogP contribution < -0.4 is 0 Å². The number of hydrogen-bond donors (Lipinski definition) is 0. The first-order valence-corrected chi connectivity index (χ1v) is 3.07. The van der Waals surface area contributed by atoms with Crippen LogP contribution in [-0.4, -0.2) is 25.3 Å². The van der Waals surface area contributed by atoms with Crippen LogP contribution in [0.15, 0.2) is 12.2 Å². The molecule has 9 heavy (non-hydrogen) atoms. The minimum absolute atomic E-state index is 0.844. The second kappa shape index (κ2) is 4.49. The Kier molecular flexibility index (Phi) is 4.29. The van der Waals surface area contributed by atoms with Gasteiger partial charge in [0.05, 0.1) is 0 Å². The molecule has 0 saturated carbocycles. The van der Waals surface area contributed by atoms with Crippen molar-refractivity contribution in [3.05, 3.63) is 12.2 Å². The van der Waals surface area contributed by atoms with E-state index in [2.05, 4.69) is 0 Å². The van der Waals surface area contributed by atoms with Crippen molar-refractivity contribution in [3.63, 3.8) is 0 Å². The summed E-state index contributed by atoms with van der Waals surface area (Å²) >= 11 is 0. The molecular formula is C7H11B2. The van der Waals surface area contributed by atoms with E-state index in [1.54, 1.807) is 0 Å². The summed E-state index contributed by atoms with van der Waals surface area (Å²) in [4.78, 5) is 0. The van der Waals surface area contributed by atoms with Gasteiger partial charge in [-0.3, -0.25) is 0 Å². The predicted octanol–water partition coefficient (Wildman–Crippen LogP) is 0.848. The van der Waals surface area contributed by atoms with Gasteiger partial charge in [0.15, 0.2) is 0 Å². The predicted molar refractivity (Wildman–Crippen MR) is 47.9 cm³/mol. The van der Waals surface area contributed by atoms with Gasteiger partial charge in [-0.1, -0.05) is 0 Å². The second-order valence-corrected chi connectivity index (χ2v) is 2.11. The summed E-state index contributed by atoms with van der Waals surface area (Å²) in [5.41, 5.74) is 2.08. The average molecular weight is 117 g/mol. The van der Waals surface area contributed by atoms with Gasteiger partial charge in [-0.15, -0.1) is 0 Å². The SMILES string of the molecule is [B]=C(C)/C=C\C(C)=BC. The molecule has 0 heterocycles. The molecule has 45 valence electrons. The molecule has 0 saturated heterocycles. The van der Waals surface area contributed by atoms with Gasteiger partial charge in [-0.05, 0) is 0 Å².